The van der Waals surface area contributed by atoms with E-state index in [1.807, 2.05) is 0 Å². The van der Waals surface area contributed by atoms with Crippen LogP contribution in [0.1, 0.15) is 66.2 Å². The summed E-state index contributed by atoms with van der Waals surface area (Å²) in [6.45, 7) is 11.0. The Morgan fingerprint density at radius 1 is 1.24 bits per heavy atom. The quantitative estimate of drug-likeness (QED) is 0.685. The first-order valence-electron chi connectivity index (χ1n) is 7.34. The van der Waals surface area contributed by atoms with E-state index in [0.29, 0.717) is 6.10 Å². The van der Waals surface area contributed by atoms with E-state index in [-0.39, 0.29) is 5.54 Å². The van der Waals surface area contributed by atoms with Crippen LogP contribution in [-0.2, 0) is 4.74 Å². The Kier molecular flexibility index (Phi) is 6.50. The van der Waals surface area contributed by atoms with Gasteiger partial charge in [-0.15, -0.1) is 0 Å². The average Bonchev–Trinajstić information content (AvgIpc) is 2.73. The highest BCUT2D eigenvalue weighted by Gasteiger charge is 2.16. The van der Waals surface area contributed by atoms with E-state index in [2.05, 4.69) is 33.0 Å². The zero-order valence-corrected chi connectivity index (χ0v) is 12.2. The molecule has 1 saturated carbocycles. The van der Waals surface area contributed by atoms with Crippen molar-refractivity contribution in [2.45, 2.75) is 77.9 Å². The van der Waals surface area contributed by atoms with Crippen LogP contribution in [-0.4, -0.2) is 24.8 Å². The van der Waals surface area contributed by atoms with Crippen molar-refractivity contribution in [2.75, 3.05) is 13.2 Å². The van der Waals surface area contributed by atoms with Crippen LogP contribution < -0.4 is 5.32 Å². The zero-order chi connectivity index (χ0) is 12.7. The Labute approximate surface area is 108 Å². The third-order valence-electron chi connectivity index (χ3n) is 3.53. The fraction of sp³-hybridized carbons (Fsp3) is 1.00. The lowest BCUT2D eigenvalue weighted by molar-refractivity contribution is 0.0353. The van der Waals surface area contributed by atoms with E-state index in [9.17, 15) is 0 Å². The molecule has 0 saturated heterocycles. The van der Waals surface area contributed by atoms with Crippen LogP contribution in [0.25, 0.3) is 0 Å². The monoisotopic (exact) mass is 241 g/mol. The molecule has 0 heterocycles. The molecule has 1 aliphatic rings. The molecule has 0 aromatic rings. The molecule has 102 valence electrons. The molecule has 0 amide bonds. The van der Waals surface area contributed by atoms with Gasteiger partial charge in [0.05, 0.1) is 6.10 Å². The van der Waals surface area contributed by atoms with Gasteiger partial charge >= 0.3 is 0 Å². The molecular weight excluding hydrogens is 210 g/mol. The fourth-order valence-electron chi connectivity index (χ4n) is 2.41. The molecule has 1 N–H and O–H groups in total. The Hall–Kier alpha value is -0.0800. The van der Waals surface area contributed by atoms with Gasteiger partial charge in [0, 0.05) is 12.1 Å². The summed E-state index contributed by atoms with van der Waals surface area (Å²) < 4.78 is 5.93. The van der Waals surface area contributed by atoms with Crippen molar-refractivity contribution in [1.82, 2.24) is 5.32 Å². The zero-order valence-electron chi connectivity index (χ0n) is 12.2. The Morgan fingerprint density at radius 2 is 1.88 bits per heavy atom. The fourth-order valence-corrected chi connectivity index (χ4v) is 2.41. The molecule has 0 bridgehead atoms. The van der Waals surface area contributed by atoms with E-state index < -0.39 is 0 Å². The van der Waals surface area contributed by atoms with E-state index in [0.717, 1.165) is 19.1 Å². The number of hydrogen-bond donors (Lipinski definition) is 1. The number of hydrogen-bond acceptors (Lipinski definition) is 2. The van der Waals surface area contributed by atoms with E-state index >= 15 is 0 Å². The minimum absolute atomic E-state index is 0.244. The second kappa shape index (κ2) is 7.38. The Bertz CT molecular complexity index is 192. The summed E-state index contributed by atoms with van der Waals surface area (Å²) in [6, 6.07) is 0. The van der Waals surface area contributed by atoms with E-state index in [4.69, 9.17) is 4.74 Å². The summed E-state index contributed by atoms with van der Waals surface area (Å²) in [4.78, 5) is 0. The maximum absolute atomic E-state index is 5.93. The summed E-state index contributed by atoms with van der Waals surface area (Å²) in [6.07, 6.45) is 8.42. The standard InChI is InChI=1S/C15H31NO/c1-13(8-7-11-16-15(2,3)4)17-12-14-9-5-6-10-14/h13-14,16H,5-12H2,1-4H3. The number of ether oxygens (including phenoxy) is 1. The van der Waals surface area contributed by atoms with Gasteiger partial charge in [-0.1, -0.05) is 12.8 Å². The molecular formula is C15H31NO. The van der Waals surface area contributed by atoms with Crippen LogP contribution in [0, 0.1) is 5.92 Å². The normalized spacial score (nSPS) is 19.8. The van der Waals surface area contributed by atoms with Gasteiger partial charge in [0.2, 0.25) is 0 Å². The molecule has 1 unspecified atom stereocenters. The predicted octanol–water partition coefficient (Wildman–Crippen LogP) is 3.75. The average molecular weight is 241 g/mol. The first-order valence-corrected chi connectivity index (χ1v) is 7.34. The molecule has 1 aliphatic carbocycles. The van der Waals surface area contributed by atoms with Crippen molar-refractivity contribution < 1.29 is 4.74 Å². The van der Waals surface area contributed by atoms with Gasteiger partial charge in [-0.25, -0.2) is 0 Å². The van der Waals surface area contributed by atoms with Gasteiger partial charge in [-0.3, -0.25) is 0 Å². The molecule has 2 heteroatoms. The smallest absolute Gasteiger partial charge is 0.0547 e. The van der Waals surface area contributed by atoms with Gasteiger partial charge in [-0.2, -0.15) is 0 Å². The lowest BCUT2D eigenvalue weighted by Gasteiger charge is -2.21. The van der Waals surface area contributed by atoms with Crippen LogP contribution in [0.3, 0.4) is 0 Å². The molecule has 0 radical (unpaired) electrons. The van der Waals surface area contributed by atoms with Crippen LogP contribution in [0.5, 0.6) is 0 Å². The molecule has 17 heavy (non-hydrogen) atoms. The van der Waals surface area contributed by atoms with Crippen LogP contribution in [0.15, 0.2) is 0 Å². The predicted molar refractivity (Wildman–Crippen MR) is 74.4 cm³/mol. The third-order valence-corrected chi connectivity index (χ3v) is 3.53. The minimum Gasteiger partial charge on any atom is -0.378 e. The van der Waals surface area contributed by atoms with E-state index in [1.54, 1.807) is 0 Å². The van der Waals surface area contributed by atoms with Crippen LogP contribution in [0.2, 0.25) is 0 Å². The molecule has 1 atom stereocenters. The van der Waals surface area contributed by atoms with Crippen molar-refractivity contribution in [3.63, 3.8) is 0 Å². The van der Waals surface area contributed by atoms with Gasteiger partial charge in [-0.05, 0) is 65.8 Å². The summed E-state index contributed by atoms with van der Waals surface area (Å²) in [5.74, 6) is 0.852. The third kappa shape index (κ3) is 7.77. The van der Waals surface area contributed by atoms with Gasteiger partial charge in [0.25, 0.3) is 0 Å². The highest BCUT2D eigenvalue weighted by molar-refractivity contribution is 4.70. The highest BCUT2D eigenvalue weighted by atomic mass is 16.5. The molecule has 0 spiro atoms. The van der Waals surface area contributed by atoms with Crippen molar-refractivity contribution in [2.24, 2.45) is 5.92 Å². The molecule has 0 aliphatic heterocycles. The first-order chi connectivity index (χ1) is 7.97. The topological polar surface area (TPSA) is 21.3 Å². The second-order valence-electron chi connectivity index (χ2n) is 6.61. The summed E-state index contributed by atoms with van der Waals surface area (Å²) in [5, 5.41) is 3.52. The minimum atomic E-state index is 0.244. The molecule has 1 fully saturated rings. The number of nitrogens with one attached hydrogen (secondary N) is 1. The highest BCUT2D eigenvalue weighted by Crippen LogP contribution is 2.25. The molecule has 2 nitrogen and oxygen atoms in total. The van der Waals surface area contributed by atoms with Crippen LogP contribution in [0.4, 0.5) is 0 Å². The lowest BCUT2D eigenvalue weighted by Crippen LogP contribution is -2.36. The summed E-state index contributed by atoms with van der Waals surface area (Å²) in [5.41, 5.74) is 0.244. The summed E-state index contributed by atoms with van der Waals surface area (Å²) >= 11 is 0. The Morgan fingerprint density at radius 3 is 2.47 bits per heavy atom. The molecule has 0 aromatic carbocycles. The summed E-state index contributed by atoms with van der Waals surface area (Å²) in [7, 11) is 0. The van der Waals surface area contributed by atoms with Gasteiger partial charge < -0.3 is 10.1 Å². The van der Waals surface area contributed by atoms with Crippen molar-refractivity contribution in [3.05, 3.63) is 0 Å². The van der Waals surface area contributed by atoms with Gasteiger partial charge in [0.15, 0.2) is 0 Å². The second-order valence-corrected chi connectivity index (χ2v) is 6.61. The largest absolute Gasteiger partial charge is 0.378 e. The van der Waals surface area contributed by atoms with Gasteiger partial charge in [0.1, 0.15) is 0 Å². The SMILES string of the molecule is CC(CCCNC(C)(C)C)OCC1CCCC1. The van der Waals surface area contributed by atoms with E-state index in [1.165, 1.54) is 38.5 Å². The van der Waals surface area contributed by atoms with Crippen molar-refractivity contribution in [1.29, 1.82) is 0 Å². The maximum atomic E-state index is 5.93. The number of rotatable bonds is 7. The lowest BCUT2D eigenvalue weighted by atomic mass is 10.1. The maximum Gasteiger partial charge on any atom is 0.0547 e. The van der Waals surface area contributed by atoms with Crippen LogP contribution >= 0.6 is 0 Å². The Balaban J connectivity index is 1.95. The molecule has 1 rings (SSSR count). The molecule has 0 aromatic heterocycles. The van der Waals surface area contributed by atoms with Crippen molar-refractivity contribution >= 4 is 0 Å². The van der Waals surface area contributed by atoms with Crippen molar-refractivity contribution in [3.8, 4) is 0 Å². The first kappa shape index (κ1) is 15.0.